The third-order valence-electron chi connectivity index (χ3n) is 1.90. The summed E-state index contributed by atoms with van der Waals surface area (Å²) in [5.41, 5.74) is 8.67. The lowest BCUT2D eigenvalue weighted by atomic mass is 10.4. The van der Waals surface area contributed by atoms with Crippen LogP contribution in [-0.2, 0) is 9.53 Å². The van der Waals surface area contributed by atoms with Crippen LogP contribution in [-0.4, -0.2) is 50.7 Å². The first-order chi connectivity index (χ1) is 9.20. The van der Waals surface area contributed by atoms with Crippen LogP contribution in [0.5, 0.6) is 0 Å². The van der Waals surface area contributed by atoms with Gasteiger partial charge in [0.05, 0.1) is 12.3 Å². The van der Waals surface area contributed by atoms with Crippen molar-refractivity contribution >= 4 is 17.9 Å². The molecule has 9 heteroatoms. The van der Waals surface area contributed by atoms with E-state index >= 15 is 0 Å². The summed E-state index contributed by atoms with van der Waals surface area (Å²) >= 11 is 0. The van der Waals surface area contributed by atoms with Crippen molar-refractivity contribution in [2.75, 3.05) is 32.8 Å². The van der Waals surface area contributed by atoms with Gasteiger partial charge in [-0.2, -0.15) is 5.10 Å². The Morgan fingerprint density at radius 3 is 2.95 bits per heavy atom. The standard InChI is InChI=1S/C10H19N7O2/c1-9(18)19-6-2-3-13-7-10(16-11)8-14-4-5-15-17-12/h7,14H,2-6,8,11H2,1H3. The second-order valence-corrected chi connectivity index (χ2v) is 3.48. The molecule has 3 N–H and O–H groups in total. The van der Waals surface area contributed by atoms with E-state index in [1.165, 1.54) is 6.92 Å². The molecule has 19 heavy (non-hydrogen) atoms. The van der Waals surface area contributed by atoms with E-state index in [-0.39, 0.29) is 5.97 Å². The summed E-state index contributed by atoms with van der Waals surface area (Å²) in [7, 11) is 0. The molecule has 0 aromatic carbocycles. The van der Waals surface area contributed by atoms with Crippen LogP contribution in [0.1, 0.15) is 13.3 Å². The minimum atomic E-state index is -0.294. The van der Waals surface area contributed by atoms with Crippen molar-refractivity contribution in [3.63, 3.8) is 0 Å². The smallest absolute Gasteiger partial charge is 0.302 e. The normalized spacial score (nSPS) is 11.3. The number of carbonyl (C=O) groups excluding carboxylic acids is 1. The number of nitrogens with zero attached hydrogens (tertiary/aromatic N) is 5. The number of carbonyl (C=O) groups is 1. The van der Waals surface area contributed by atoms with Crippen molar-refractivity contribution in [2.45, 2.75) is 13.3 Å². The second kappa shape index (κ2) is 12.3. The van der Waals surface area contributed by atoms with E-state index in [2.05, 4.69) is 25.4 Å². The average Bonchev–Trinajstić information content (AvgIpc) is 2.39. The van der Waals surface area contributed by atoms with Gasteiger partial charge < -0.3 is 15.9 Å². The number of esters is 1. The summed E-state index contributed by atoms with van der Waals surface area (Å²) in [5, 5.41) is 9.95. The molecule has 0 aliphatic carbocycles. The quantitative estimate of drug-likeness (QED) is 0.0856. The van der Waals surface area contributed by atoms with E-state index < -0.39 is 0 Å². The number of rotatable bonds is 10. The molecular weight excluding hydrogens is 250 g/mol. The molecule has 0 aromatic heterocycles. The number of hydrazone groups is 1. The van der Waals surface area contributed by atoms with Gasteiger partial charge >= 0.3 is 5.97 Å². The highest BCUT2D eigenvalue weighted by molar-refractivity contribution is 6.31. The predicted octanol–water partition coefficient (Wildman–Crippen LogP) is 0.225. The molecule has 106 valence electrons. The van der Waals surface area contributed by atoms with E-state index in [0.717, 1.165) is 0 Å². The Bertz CT molecular complexity index is 361. The van der Waals surface area contributed by atoms with Crippen molar-refractivity contribution in [1.82, 2.24) is 5.32 Å². The predicted molar refractivity (Wildman–Crippen MR) is 73.1 cm³/mol. The fourth-order valence-electron chi connectivity index (χ4n) is 1.06. The first-order valence-corrected chi connectivity index (χ1v) is 5.82. The van der Waals surface area contributed by atoms with Gasteiger partial charge in [0.25, 0.3) is 0 Å². The Labute approximate surface area is 111 Å². The van der Waals surface area contributed by atoms with Crippen molar-refractivity contribution in [3.05, 3.63) is 10.4 Å². The van der Waals surface area contributed by atoms with Gasteiger partial charge in [0, 0.05) is 50.6 Å². The first-order valence-electron chi connectivity index (χ1n) is 5.82. The Morgan fingerprint density at radius 2 is 2.32 bits per heavy atom. The van der Waals surface area contributed by atoms with Crippen LogP contribution < -0.4 is 11.2 Å². The molecule has 9 nitrogen and oxygen atoms in total. The number of azide groups is 1. The summed E-state index contributed by atoms with van der Waals surface area (Å²) in [4.78, 5) is 17.2. The maximum absolute atomic E-state index is 10.5. The van der Waals surface area contributed by atoms with Gasteiger partial charge in [-0.1, -0.05) is 5.11 Å². The lowest BCUT2D eigenvalue weighted by molar-refractivity contribution is -0.140. The summed E-state index contributed by atoms with van der Waals surface area (Å²) in [6.45, 7) is 3.61. The zero-order valence-corrected chi connectivity index (χ0v) is 10.9. The Morgan fingerprint density at radius 1 is 1.53 bits per heavy atom. The minimum absolute atomic E-state index is 0.294. The van der Waals surface area contributed by atoms with Crippen molar-refractivity contribution in [3.8, 4) is 0 Å². The molecule has 0 saturated carbocycles. The van der Waals surface area contributed by atoms with Crippen LogP contribution >= 0.6 is 0 Å². The topological polar surface area (TPSA) is 138 Å². The Kier molecular flexibility index (Phi) is 11.0. The largest absolute Gasteiger partial charge is 0.466 e. The third kappa shape index (κ3) is 12.1. The molecule has 0 aliphatic rings. The fourth-order valence-corrected chi connectivity index (χ4v) is 1.06. The lowest BCUT2D eigenvalue weighted by Crippen LogP contribution is -2.27. The molecule has 0 rings (SSSR count). The highest BCUT2D eigenvalue weighted by atomic mass is 16.5. The van der Waals surface area contributed by atoms with E-state index in [0.29, 0.717) is 44.9 Å². The van der Waals surface area contributed by atoms with Crippen LogP contribution in [0.3, 0.4) is 0 Å². The number of hydrogen-bond acceptors (Lipinski definition) is 7. The summed E-state index contributed by atoms with van der Waals surface area (Å²) in [6, 6.07) is 0. The number of nitrogens with two attached hydrogens (primary N) is 1. The minimum Gasteiger partial charge on any atom is -0.466 e. The van der Waals surface area contributed by atoms with Crippen LogP contribution in [0.15, 0.2) is 15.2 Å². The molecule has 0 aromatic rings. The van der Waals surface area contributed by atoms with Crippen LogP contribution in [0.4, 0.5) is 0 Å². The molecule has 0 heterocycles. The van der Waals surface area contributed by atoms with Crippen molar-refractivity contribution in [1.29, 1.82) is 0 Å². The molecular formula is C10H19N7O2. The van der Waals surface area contributed by atoms with Crippen LogP contribution in [0, 0.1) is 0 Å². The van der Waals surface area contributed by atoms with Crippen LogP contribution in [0.2, 0.25) is 0 Å². The first kappa shape index (κ1) is 16.9. The van der Waals surface area contributed by atoms with Gasteiger partial charge in [0.15, 0.2) is 0 Å². The van der Waals surface area contributed by atoms with Gasteiger partial charge in [-0.3, -0.25) is 9.79 Å². The monoisotopic (exact) mass is 269 g/mol. The molecule has 0 aliphatic heterocycles. The van der Waals surface area contributed by atoms with Crippen molar-refractivity contribution in [2.24, 2.45) is 21.1 Å². The average molecular weight is 269 g/mol. The number of hydrogen-bond donors (Lipinski definition) is 2. The number of aliphatic imine (C=N–C) groups is 1. The molecule has 0 spiro atoms. The summed E-state index contributed by atoms with van der Waals surface area (Å²) < 4.78 is 4.76. The fraction of sp³-hybridized carbons (Fsp3) is 0.700. The second-order valence-electron chi connectivity index (χ2n) is 3.48. The van der Waals surface area contributed by atoms with Crippen molar-refractivity contribution < 1.29 is 9.53 Å². The van der Waals surface area contributed by atoms with E-state index in [4.69, 9.17) is 16.1 Å². The molecule has 0 fully saturated rings. The van der Waals surface area contributed by atoms with Gasteiger partial charge in [-0.05, 0) is 5.53 Å². The zero-order valence-electron chi connectivity index (χ0n) is 10.9. The molecule has 0 radical (unpaired) electrons. The SMILES string of the molecule is CC(=O)OCCCN=CC(CNCCN=[N+]=[N-])=NN. The molecule has 0 unspecified atom stereocenters. The number of nitrogens with one attached hydrogen (secondary N) is 1. The van der Waals surface area contributed by atoms with Gasteiger partial charge in [0.2, 0.25) is 0 Å². The maximum Gasteiger partial charge on any atom is 0.302 e. The number of ether oxygens (including phenoxy) is 1. The van der Waals surface area contributed by atoms with Gasteiger partial charge in [-0.25, -0.2) is 0 Å². The Balaban J connectivity index is 3.68. The highest BCUT2D eigenvalue weighted by Crippen LogP contribution is 1.85. The van der Waals surface area contributed by atoms with Crippen LogP contribution in [0.25, 0.3) is 10.4 Å². The summed E-state index contributed by atoms with van der Waals surface area (Å²) in [5.74, 6) is 4.91. The van der Waals surface area contributed by atoms with Gasteiger partial charge in [-0.15, -0.1) is 0 Å². The lowest BCUT2D eigenvalue weighted by Gasteiger charge is -2.01. The Hall–Kier alpha value is -2.12. The maximum atomic E-state index is 10.5. The summed E-state index contributed by atoms with van der Waals surface area (Å²) in [6.07, 6.45) is 2.21. The van der Waals surface area contributed by atoms with E-state index in [1.807, 2.05) is 0 Å². The highest BCUT2D eigenvalue weighted by Gasteiger charge is 1.95. The molecule has 0 bridgehead atoms. The molecule has 0 saturated heterocycles. The third-order valence-corrected chi connectivity index (χ3v) is 1.90. The molecule has 0 atom stereocenters. The van der Waals surface area contributed by atoms with Gasteiger partial charge in [0.1, 0.15) is 0 Å². The molecule has 0 amide bonds. The zero-order chi connectivity index (χ0) is 14.3. The van der Waals surface area contributed by atoms with E-state index in [1.54, 1.807) is 6.21 Å². The van der Waals surface area contributed by atoms with E-state index in [9.17, 15) is 4.79 Å².